The lowest BCUT2D eigenvalue weighted by Gasteiger charge is -2.10. The van der Waals surface area contributed by atoms with Gasteiger partial charge in [-0.3, -0.25) is 4.79 Å². The van der Waals surface area contributed by atoms with Crippen molar-refractivity contribution in [1.29, 1.82) is 0 Å². The summed E-state index contributed by atoms with van der Waals surface area (Å²) in [6, 6.07) is 5.09. The van der Waals surface area contributed by atoms with Gasteiger partial charge in [-0.25, -0.2) is 0 Å². The van der Waals surface area contributed by atoms with Crippen LogP contribution in [-0.4, -0.2) is 40.3 Å². The van der Waals surface area contributed by atoms with Gasteiger partial charge in [0.2, 0.25) is 0 Å². The van der Waals surface area contributed by atoms with Crippen molar-refractivity contribution in [2.75, 3.05) is 34.5 Å². The van der Waals surface area contributed by atoms with Crippen LogP contribution in [0, 0.1) is 0 Å². The number of hydrogen-bond acceptors (Lipinski definition) is 5. The molecule has 5 nitrogen and oxygen atoms in total. The summed E-state index contributed by atoms with van der Waals surface area (Å²) in [5.74, 6) is 1.60. The molecule has 0 atom stereocenters. The number of benzene rings is 1. The Bertz CT molecular complexity index is 375. The lowest BCUT2D eigenvalue weighted by molar-refractivity contribution is -0.124. The molecule has 0 saturated heterocycles. The van der Waals surface area contributed by atoms with E-state index in [9.17, 15) is 4.79 Å². The Balaban J connectivity index is 2.63. The van der Waals surface area contributed by atoms with Crippen LogP contribution in [0.1, 0.15) is 0 Å². The Morgan fingerprint density at radius 3 is 2.35 bits per heavy atom. The highest BCUT2D eigenvalue weighted by Gasteiger charge is 2.07. The first-order valence-electron chi connectivity index (χ1n) is 5.06. The van der Waals surface area contributed by atoms with Crippen molar-refractivity contribution in [3.8, 4) is 17.2 Å². The molecule has 0 amide bonds. The molecule has 0 fully saturated rings. The van der Waals surface area contributed by atoms with Crippen LogP contribution in [0.4, 0.5) is 0 Å². The van der Waals surface area contributed by atoms with E-state index in [4.69, 9.17) is 18.9 Å². The maximum atomic E-state index is 11.2. The molecule has 0 aliphatic rings. The van der Waals surface area contributed by atoms with Crippen molar-refractivity contribution < 1.29 is 23.7 Å². The van der Waals surface area contributed by atoms with Crippen LogP contribution >= 0.6 is 0 Å². The number of rotatable bonds is 7. The molecule has 17 heavy (non-hydrogen) atoms. The molecule has 0 aliphatic heterocycles. The SMILES string of the molecule is COCC(=O)COc1ccc(OC)c(OC)c1. The molecule has 1 aromatic carbocycles. The first-order valence-corrected chi connectivity index (χ1v) is 5.06. The maximum absolute atomic E-state index is 11.2. The van der Waals surface area contributed by atoms with Gasteiger partial charge in [0.1, 0.15) is 19.0 Å². The highest BCUT2D eigenvalue weighted by molar-refractivity contribution is 5.81. The standard InChI is InChI=1S/C12H16O5/c1-14-7-9(13)8-17-10-4-5-11(15-2)12(6-10)16-3/h4-6H,7-8H2,1-3H3. The highest BCUT2D eigenvalue weighted by Crippen LogP contribution is 2.30. The average Bonchev–Trinajstić information content (AvgIpc) is 2.36. The van der Waals surface area contributed by atoms with E-state index >= 15 is 0 Å². The van der Waals surface area contributed by atoms with Crippen LogP contribution in [0.25, 0.3) is 0 Å². The highest BCUT2D eigenvalue weighted by atomic mass is 16.5. The van der Waals surface area contributed by atoms with Gasteiger partial charge in [0.15, 0.2) is 17.3 Å². The zero-order valence-electron chi connectivity index (χ0n) is 10.2. The molecule has 0 spiro atoms. The molecule has 0 radical (unpaired) electrons. The summed E-state index contributed by atoms with van der Waals surface area (Å²) in [4.78, 5) is 11.2. The summed E-state index contributed by atoms with van der Waals surface area (Å²) in [6.07, 6.45) is 0. The normalized spacial score (nSPS) is 9.82. The monoisotopic (exact) mass is 240 g/mol. The average molecular weight is 240 g/mol. The topological polar surface area (TPSA) is 54.0 Å². The first-order chi connectivity index (χ1) is 8.21. The van der Waals surface area contributed by atoms with Crippen LogP contribution in [0.15, 0.2) is 18.2 Å². The van der Waals surface area contributed by atoms with Crippen molar-refractivity contribution in [2.24, 2.45) is 0 Å². The Morgan fingerprint density at radius 1 is 1.06 bits per heavy atom. The van der Waals surface area contributed by atoms with E-state index in [1.165, 1.54) is 14.2 Å². The molecule has 0 bridgehead atoms. The molecule has 1 aromatic rings. The van der Waals surface area contributed by atoms with E-state index < -0.39 is 0 Å². The first kappa shape index (κ1) is 13.3. The number of ether oxygens (including phenoxy) is 4. The second-order valence-electron chi connectivity index (χ2n) is 3.28. The Kier molecular flexibility index (Phi) is 5.29. The van der Waals surface area contributed by atoms with Crippen LogP contribution < -0.4 is 14.2 Å². The minimum atomic E-state index is -0.123. The molecule has 0 aliphatic carbocycles. The number of Topliss-reactive ketones (excluding diaryl/α,β-unsaturated/α-hetero) is 1. The Morgan fingerprint density at radius 2 is 1.76 bits per heavy atom. The fourth-order valence-corrected chi connectivity index (χ4v) is 1.27. The molecular formula is C12H16O5. The predicted molar refractivity (Wildman–Crippen MR) is 61.9 cm³/mol. The molecule has 94 valence electrons. The van der Waals surface area contributed by atoms with Gasteiger partial charge in [-0.2, -0.15) is 0 Å². The summed E-state index contributed by atoms with van der Waals surface area (Å²) in [6.45, 7) is 0.0244. The maximum Gasteiger partial charge on any atom is 0.195 e. The van der Waals surface area contributed by atoms with Crippen molar-refractivity contribution in [3.63, 3.8) is 0 Å². The number of ketones is 1. The Labute approximate surface area is 100 Å². The third kappa shape index (κ3) is 3.96. The van der Waals surface area contributed by atoms with Crippen molar-refractivity contribution in [3.05, 3.63) is 18.2 Å². The second kappa shape index (κ2) is 6.75. The van der Waals surface area contributed by atoms with Gasteiger partial charge in [-0.05, 0) is 12.1 Å². The predicted octanol–water partition coefficient (Wildman–Crippen LogP) is 1.30. The quantitative estimate of drug-likeness (QED) is 0.719. The zero-order valence-corrected chi connectivity index (χ0v) is 10.2. The van der Waals surface area contributed by atoms with E-state index in [1.807, 2.05) is 0 Å². The van der Waals surface area contributed by atoms with Gasteiger partial charge in [0.05, 0.1) is 14.2 Å². The van der Waals surface area contributed by atoms with Crippen molar-refractivity contribution >= 4 is 5.78 Å². The lowest BCUT2D eigenvalue weighted by atomic mass is 10.3. The molecule has 1 rings (SSSR count). The van der Waals surface area contributed by atoms with Gasteiger partial charge in [-0.15, -0.1) is 0 Å². The van der Waals surface area contributed by atoms with Gasteiger partial charge >= 0.3 is 0 Å². The number of carbonyl (C=O) groups is 1. The van der Waals surface area contributed by atoms with E-state index in [0.717, 1.165) is 0 Å². The van der Waals surface area contributed by atoms with E-state index in [-0.39, 0.29) is 19.0 Å². The van der Waals surface area contributed by atoms with Crippen LogP contribution in [0.3, 0.4) is 0 Å². The van der Waals surface area contributed by atoms with Crippen molar-refractivity contribution in [1.82, 2.24) is 0 Å². The van der Waals surface area contributed by atoms with Crippen LogP contribution in [0.2, 0.25) is 0 Å². The number of methoxy groups -OCH3 is 3. The summed E-state index contributed by atoms with van der Waals surface area (Å²) in [5.41, 5.74) is 0. The minimum Gasteiger partial charge on any atom is -0.493 e. The van der Waals surface area contributed by atoms with Gasteiger partial charge in [0.25, 0.3) is 0 Å². The third-order valence-electron chi connectivity index (χ3n) is 2.06. The molecule has 0 aromatic heterocycles. The largest absolute Gasteiger partial charge is 0.493 e. The summed E-state index contributed by atoms with van der Waals surface area (Å²) in [5, 5.41) is 0. The third-order valence-corrected chi connectivity index (χ3v) is 2.06. The smallest absolute Gasteiger partial charge is 0.195 e. The second-order valence-corrected chi connectivity index (χ2v) is 3.28. The van der Waals surface area contributed by atoms with Gasteiger partial charge < -0.3 is 18.9 Å². The minimum absolute atomic E-state index is 0.0245. The summed E-state index contributed by atoms with van der Waals surface area (Å²) >= 11 is 0. The van der Waals surface area contributed by atoms with Crippen LogP contribution in [0.5, 0.6) is 17.2 Å². The zero-order chi connectivity index (χ0) is 12.7. The number of hydrogen-bond donors (Lipinski definition) is 0. The van der Waals surface area contributed by atoms with Gasteiger partial charge in [-0.1, -0.05) is 0 Å². The fourth-order valence-electron chi connectivity index (χ4n) is 1.27. The lowest BCUT2D eigenvalue weighted by Crippen LogP contribution is -2.16. The van der Waals surface area contributed by atoms with E-state index in [0.29, 0.717) is 17.2 Å². The summed E-state index contributed by atoms with van der Waals surface area (Å²) in [7, 11) is 4.56. The molecule has 0 N–H and O–H groups in total. The molecule has 0 saturated carbocycles. The summed E-state index contributed by atoms with van der Waals surface area (Å²) < 4.78 is 20.2. The Hall–Kier alpha value is -1.75. The van der Waals surface area contributed by atoms with Crippen LogP contribution in [-0.2, 0) is 9.53 Å². The van der Waals surface area contributed by atoms with Crippen molar-refractivity contribution in [2.45, 2.75) is 0 Å². The molecule has 0 heterocycles. The van der Waals surface area contributed by atoms with Gasteiger partial charge in [0, 0.05) is 13.2 Å². The molecule has 5 heteroatoms. The van der Waals surface area contributed by atoms with E-state index in [1.54, 1.807) is 25.3 Å². The fraction of sp³-hybridized carbons (Fsp3) is 0.417. The molecular weight excluding hydrogens is 224 g/mol. The molecule has 0 unspecified atom stereocenters. The van der Waals surface area contributed by atoms with E-state index in [2.05, 4.69) is 0 Å². The number of carbonyl (C=O) groups excluding carboxylic acids is 1.